The first-order chi connectivity index (χ1) is 14.3. The second-order valence-corrected chi connectivity index (χ2v) is 10.1. The van der Waals surface area contributed by atoms with Gasteiger partial charge in [0.25, 0.3) is 0 Å². The monoisotopic (exact) mass is 403 g/mol. The molecule has 0 aromatic heterocycles. The summed E-state index contributed by atoms with van der Waals surface area (Å²) in [6.45, 7) is 4.83. The molecule has 2 fully saturated rings. The molecule has 3 aliphatic heterocycles. The summed E-state index contributed by atoms with van der Waals surface area (Å²) in [6.07, 6.45) is 9.23. The van der Waals surface area contributed by atoms with Crippen LogP contribution < -0.4 is 4.90 Å². The molecule has 4 heteroatoms. The molecule has 0 amide bonds. The number of piperidine rings is 1. The summed E-state index contributed by atoms with van der Waals surface area (Å²) < 4.78 is 0. The zero-order valence-electron chi connectivity index (χ0n) is 17.1. The van der Waals surface area contributed by atoms with E-state index in [0.29, 0.717) is 11.5 Å². The summed E-state index contributed by atoms with van der Waals surface area (Å²) in [6, 6.07) is 19.3. The maximum absolute atomic E-state index is 2.76. The third-order valence-corrected chi connectivity index (χ3v) is 8.36. The van der Waals surface area contributed by atoms with Crippen molar-refractivity contribution in [3.8, 4) is 0 Å². The molecule has 2 aromatic carbocycles. The molecule has 6 rings (SSSR count). The second kappa shape index (κ2) is 7.10. The van der Waals surface area contributed by atoms with E-state index >= 15 is 0 Å². The average molecular weight is 404 g/mol. The summed E-state index contributed by atoms with van der Waals surface area (Å²) in [5.41, 5.74) is 5.84. The SMILES string of the molecule is Cc1cccc(C2=CN3c4ccccc4SC3N2C2CC(N3CCCCC3)C2)c1. The highest BCUT2D eigenvalue weighted by atomic mass is 32.2. The number of thioether (sulfide) groups is 1. The lowest BCUT2D eigenvalue weighted by molar-refractivity contribution is 0.0434. The number of likely N-dealkylation sites (tertiary alicyclic amines) is 1. The van der Waals surface area contributed by atoms with Crippen molar-refractivity contribution >= 4 is 23.1 Å². The molecule has 1 unspecified atom stereocenters. The van der Waals surface area contributed by atoms with Gasteiger partial charge in [0.2, 0.25) is 0 Å². The van der Waals surface area contributed by atoms with Gasteiger partial charge in [-0.25, -0.2) is 0 Å². The van der Waals surface area contributed by atoms with Gasteiger partial charge in [-0.1, -0.05) is 54.1 Å². The number of fused-ring (bicyclic) bond motifs is 3. The Balaban J connectivity index is 1.30. The third-order valence-electron chi connectivity index (χ3n) is 7.09. The van der Waals surface area contributed by atoms with Crippen molar-refractivity contribution in [2.45, 2.75) is 61.5 Å². The van der Waals surface area contributed by atoms with E-state index in [1.165, 1.54) is 72.6 Å². The van der Waals surface area contributed by atoms with Gasteiger partial charge in [0.1, 0.15) is 0 Å². The van der Waals surface area contributed by atoms with Crippen LogP contribution >= 0.6 is 11.8 Å². The summed E-state index contributed by atoms with van der Waals surface area (Å²) in [4.78, 5) is 9.42. The summed E-state index contributed by atoms with van der Waals surface area (Å²) >= 11 is 2.02. The van der Waals surface area contributed by atoms with E-state index in [0.717, 1.165) is 6.04 Å². The molecular formula is C25H29N3S. The van der Waals surface area contributed by atoms with Crippen LogP contribution in [-0.4, -0.2) is 40.5 Å². The minimum atomic E-state index is 0.371. The second-order valence-electron chi connectivity index (χ2n) is 8.99. The number of hydrogen-bond acceptors (Lipinski definition) is 4. The van der Waals surface area contributed by atoms with Crippen LogP contribution in [0, 0.1) is 6.92 Å². The predicted octanol–water partition coefficient (Wildman–Crippen LogP) is 5.52. The van der Waals surface area contributed by atoms with Gasteiger partial charge in [-0.15, -0.1) is 0 Å². The molecule has 1 saturated heterocycles. The van der Waals surface area contributed by atoms with Gasteiger partial charge >= 0.3 is 0 Å². The lowest BCUT2D eigenvalue weighted by Gasteiger charge is -2.50. The fourth-order valence-electron chi connectivity index (χ4n) is 5.47. The van der Waals surface area contributed by atoms with Gasteiger partial charge < -0.3 is 14.7 Å². The van der Waals surface area contributed by atoms with Crippen LogP contribution in [0.3, 0.4) is 0 Å². The molecule has 3 nitrogen and oxygen atoms in total. The molecule has 0 spiro atoms. The zero-order valence-corrected chi connectivity index (χ0v) is 17.9. The van der Waals surface area contributed by atoms with Gasteiger partial charge in [-0.3, -0.25) is 0 Å². The minimum Gasteiger partial charge on any atom is -0.337 e. The zero-order chi connectivity index (χ0) is 19.4. The first-order valence-electron chi connectivity index (χ1n) is 11.1. The van der Waals surface area contributed by atoms with Crippen LogP contribution in [0.4, 0.5) is 5.69 Å². The molecule has 0 radical (unpaired) electrons. The Morgan fingerprint density at radius 3 is 2.55 bits per heavy atom. The lowest BCUT2D eigenvalue weighted by atomic mass is 9.83. The molecule has 0 bridgehead atoms. The van der Waals surface area contributed by atoms with Gasteiger partial charge in [0, 0.05) is 23.2 Å². The van der Waals surface area contributed by atoms with Crippen molar-refractivity contribution in [3.05, 3.63) is 65.9 Å². The Morgan fingerprint density at radius 2 is 1.72 bits per heavy atom. The summed E-state index contributed by atoms with van der Waals surface area (Å²) in [5.74, 6) is 0. The van der Waals surface area contributed by atoms with Crippen LogP contribution in [0.2, 0.25) is 0 Å². The Morgan fingerprint density at radius 1 is 0.897 bits per heavy atom. The first-order valence-corrected chi connectivity index (χ1v) is 12.0. The van der Waals surface area contributed by atoms with Crippen LogP contribution in [0.5, 0.6) is 0 Å². The van der Waals surface area contributed by atoms with Crippen molar-refractivity contribution in [1.29, 1.82) is 0 Å². The molecule has 2 aromatic rings. The smallest absolute Gasteiger partial charge is 0.159 e. The van der Waals surface area contributed by atoms with E-state index in [4.69, 9.17) is 0 Å². The fraction of sp³-hybridized carbons (Fsp3) is 0.440. The Bertz CT molecular complexity index is 943. The number of para-hydroxylation sites is 1. The summed E-state index contributed by atoms with van der Waals surface area (Å²) in [5, 5.41) is 0. The van der Waals surface area contributed by atoms with Crippen molar-refractivity contribution < 1.29 is 0 Å². The highest BCUT2D eigenvalue weighted by Gasteiger charge is 2.47. The average Bonchev–Trinajstić information content (AvgIpc) is 3.25. The number of benzene rings is 2. The largest absolute Gasteiger partial charge is 0.337 e. The Hall–Kier alpha value is -1.91. The van der Waals surface area contributed by atoms with E-state index in [-0.39, 0.29) is 0 Å². The van der Waals surface area contributed by atoms with E-state index in [9.17, 15) is 0 Å². The molecule has 150 valence electrons. The molecule has 3 heterocycles. The molecule has 1 atom stereocenters. The maximum Gasteiger partial charge on any atom is 0.159 e. The van der Waals surface area contributed by atoms with Crippen LogP contribution in [-0.2, 0) is 0 Å². The molecule has 29 heavy (non-hydrogen) atoms. The van der Waals surface area contributed by atoms with Crippen LogP contribution in [0.15, 0.2) is 59.6 Å². The van der Waals surface area contributed by atoms with Crippen LogP contribution in [0.1, 0.15) is 43.2 Å². The summed E-state index contributed by atoms with van der Waals surface area (Å²) in [7, 11) is 0. The number of nitrogens with zero attached hydrogens (tertiary/aromatic N) is 3. The number of aryl methyl sites for hydroxylation is 1. The van der Waals surface area contributed by atoms with E-state index in [1.54, 1.807) is 0 Å². The Kier molecular flexibility index (Phi) is 4.39. The van der Waals surface area contributed by atoms with Crippen molar-refractivity contribution in [3.63, 3.8) is 0 Å². The normalized spacial score (nSPS) is 28.7. The lowest BCUT2D eigenvalue weighted by Crippen LogP contribution is -2.56. The molecule has 1 saturated carbocycles. The standard InChI is InChI=1S/C25H29N3S/c1-18-8-7-9-19(14-18)23-17-27-22-10-3-4-11-24(22)29-25(27)28(23)21-15-20(16-21)26-12-5-2-6-13-26/h3-4,7-11,14,17,20-21,25H,2,5-6,12-13,15-16H2,1H3. The van der Waals surface area contributed by atoms with Crippen molar-refractivity contribution in [2.24, 2.45) is 0 Å². The highest BCUT2D eigenvalue weighted by Crippen LogP contribution is 2.53. The number of anilines is 1. The van der Waals surface area contributed by atoms with Gasteiger partial charge in [-0.05, 0) is 69.5 Å². The Labute approximate surface area is 178 Å². The maximum atomic E-state index is 2.76. The van der Waals surface area contributed by atoms with Gasteiger partial charge in [0.15, 0.2) is 5.50 Å². The van der Waals surface area contributed by atoms with Crippen molar-refractivity contribution in [2.75, 3.05) is 18.0 Å². The van der Waals surface area contributed by atoms with Gasteiger partial charge in [0.05, 0.1) is 11.4 Å². The predicted molar refractivity (Wildman–Crippen MR) is 122 cm³/mol. The highest BCUT2D eigenvalue weighted by molar-refractivity contribution is 8.00. The molecule has 1 aliphatic carbocycles. The minimum absolute atomic E-state index is 0.371. The van der Waals surface area contributed by atoms with Crippen LogP contribution in [0.25, 0.3) is 5.70 Å². The fourth-order valence-corrected chi connectivity index (χ4v) is 6.84. The number of hydrogen-bond donors (Lipinski definition) is 0. The quantitative estimate of drug-likeness (QED) is 0.667. The third kappa shape index (κ3) is 3.00. The molecule has 4 aliphatic rings. The first kappa shape index (κ1) is 17.9. The van der Waals surface area contributed by atoms with E-state index in [1.807, 2.05) is 11.8 Å². The molecular weight excluding hydrogens is 374 g/mol. The van der Waals surface area contributed by atoms with Gasteiger partial charge in [-0.2, -0.15) is 0 Å². The van der Waals surface area contributed by atoms with E-state index in [2.05, 4.69) is 76.4 Å². The number of rotatable bonds is 3. The van der Waals surface area contributed by atoms with E-state index < -0.39 is 0 Å². The topological polar surface area (TPSA) is 9.72 Å². The molecule has 0 N–H and O–H groups in total. The van der Waals surface area contributed by atoms with Crippen molar-refractivity contribution in [1.82, 2.24) is 9.80 Å².